The van der Waals surface area contributed by atoms with Crippen molar-refractivity contribution in [3.63, 3.8) is 0 Å². The second-order valence-corrected chi connectivity index (χ2v) is 4.40. The predicted octanol–water partition coefficient (Wildman–Crippen LogP) is 2.57. The summed E-state index contributed by atoms with van der Waals surface area (Å²) in [6.07, 6.45) is 0. The number of nitro benzene ring substituents is 1. The Kier molecular flexibility index (Phi) is 4.49. The average molecular weight is 283 g/mol. The standard InChI is InChI=1S/C15H13N3O3/c16-8-13-5-2-6-14(15(13)18(20)21)17-9-11-3-1-4-12(7-11)10-19/h1-7,17,19H,9-10H2. The zero-order chi connectivity index (χ0) is 15.2. The molecule has 0 bridgehead atoms. The van der Waals surface area contributed by atoms with Crippen molar-refractivity contribution < 1.29 is 10.0 Å². The lowest BCUT2D eigenvalue weighted by Gasteiger charge is -2.08. The highest BCUT2D eigenvalue weighted by molar-refractivity contribution is 5.68. The second kappa shape index (κ2) is 6.50. The lowest BCUT2D eigenvalue weighted by atomic mass is 10.1. The molecule has 0 aliphatic heterocycles. The first-order chi connectivity index (χ1) is 10.2. The molecule has 0 unspecified atom stereocenters. The highest BCUT2D eigenvalue weighted by Gasteiger charge is 2.19. The maximum Gasteiger partial charge on any atom is 0.309 e. The molecule has 2 aromatic rings. The molecule has 0 atom stereocenters. The van der Waals surface area contributed by atoms with E-state index >= 15 is 0 Å². The van der Waals surface area contributed by atoms with Crippen LogP contribution in [0.1, 0.15) is 16.7 Å². The third-order valence-corrected chi connectivity index (χ3v) is 3.00. The Labute approximate surface area is 121 Å². The van der Waals surface area contributed by atoms with Crippen LogP contribution in [0.2, 0.25) is 0 Å². The van der Waals surface area contributed by atoms with Gasteiger partial charge in [0.2, 0.25) is 0 Å². The summed E-state index contributed by atoms with van der Waals surface area (Å²) in [6, 6.07) is 13.7. The molecule has 0 saturated heterocycles. The molecule has 0 heterocycles. The van der Waals surface area contributed by atoms with E-state index in [1.807, 2.05) is 24.3 Å². The number of nitro groups is 1. The molecule has 0 fully saturated rings. The molecule has 2 rings (SSSR count). The van der Waals surface area contributed by atoms with Crippen LogP contribution in [-0.2, 0) is 13.2 Å². The Bertz CT molecular complexity index is 708. The molecule has 21 heavy (non-hydrogen) atoms. The number of anilines is 1. The van der Waals surface area contributed by atoms with Gasteiger partial charge in [0, 0.05) is 6.54 Å². The van der Waals surface area contributed by atoms with Gasteiger partial charge in [0.05, 0.1) is 11.5 Å². The lowest BCUT2D eigenvalue weighted by molar-refractivity contribution is -0.384. The van der Waals surface area contributed by atoms with Crippen LogP contribution in [0.25, 0.3) is 0 Å². The van der Waals surface area contributed by atoms with Crippen LogP contribution in [0, 0.1) is 21.4 Å². The number of nitrogens with one attached hydrogen (secondary N) is 1. The lowest BCUT2D eigenvalue weighted by Crippen LogP contribution is -2.04. The van der Waals surface area contributed by atoms with Gasteiger partial charge < -0.3 is 10.4 Å². The van der Waals surface area contributed by atoms with Gasteiger partial charge in [0.25, 0.3) is 0 Å². The molecular weight excluding hydrogens is 270 g/mol. The van der Waals surface area contributed by atoms with E-state index in [-0.39, 0.29) is 17.9 Å². The number of benzene rings is 2. The van der Waals surface area contributed by atoms with E-state index in [9.17, 15) is 10.1 Å². The van der Waals surface area contributed by atoms with Gasteiger partial charge in [-0.05, 0) is 23.3 Å². The Hall–Kier alpha value is -2.91. The fraction of sp³-hybridized carbons (Fsp3) is 0.133. The maximum absolute atomic E-state index is 11.1. The van der Waals surface area contributed by atoms with Crippen LogP contribution in [0.15, 0.2) is 42.5 Å². The van der Waals surface area contributed by atoms with Crippen molar-refractivity contribution in [3.05, 3.63) is 69.3 Å². The number of hydrogen-bond donors (Lipinski definition) is 2. The summed E-state index contributed by atoms with van der Waals surface area (Å²) in [4.78, 5) is 10.5. The van der Waals surface area contributed by atoms with Crippen molar-refractivity contribution in [2.24, 2.45) is 0 Å². The second-order valence-electron chi connectivity index (χ2n) is 4.40. The number of aliphatic hydroxyl groups excluding tert-OH is 1. The van der Waals surface area contributed by atoms with E-state index in [0.29, 0.717) is 12.2 Å². The molecule has 0 saturated carbocycles. The summed E-state index contributed by atoms with van der Waals surface area (Å²) in [6.45, 7) is 0.307. The van der Waals surface area contributed by atoms with Gasteiger partial charge in [0.1, 0.15) is 17.3 Å². The van der Waals surface area contributed by atoms with Gasteiger partial charge in [-0.1, -0.05) is 30.3 Å². The van der Waals surface area contributed by atoms with E-state index in [2.05, 4.69) is 5.32 Å². The molecule has 6 nitrogen and oxygen atoms in total. The largest absolute Gasteiger partial charge is 0.392 e. The van der Waals surface area contributed by atoms with Crippen LogP contribution >= 0.6 is 0 Å². The molecular formula is C15H13N3O3. The first-order valence-corrected chi connectivity index (χ1v) is 6.25. The highest BCUT2D eigenvalue weighted by Crippen LogP contribution is 2.28. The fourth-order valence-corrected chi connectivity index (χ4v) is 2.01. The van der Waals surface area contributed by atoms with Crippen molar-refractivity contribution >= 4 is 11.4 Å². The zero-order valence-corrected chi connectivity index (χ0v) is 11.1. The Balaban J connectivity index is 2.24. The van der Waals surface area contributed by atoms with Crippen LogP contribution in [0.4, 0.5) is 11.4 Å². The third-order valence-electron chi connectivity index (χ3n) is 3.00. The number of nitriles is 1. The first-order valence-electron chi connectivity index (χ1n) is 6.25. The zero-order valence-electron chi connectivity index (χ0n) is 11.1. The Morgan fingerprint density at radius 1 is 1.24 bits per heavy atom. The van der Waals surface area contributed by atoms with E-state index in [1.165, 1.54) is 6.07 Å². The van der Waals surface area contributed by atoms with Gasteiger partial charge in [-0.3, -0.25) is 10.1 Å². The summed E-state index contributed by atoms with van der Waals surface area (Å²) in [5.74, 6) is 0. The van der Waals surface area contributed by atoms with Crippen LogP contribution < -0.4 is 5.32 Å². The molecule has 106 valence electrons. The third kappa shape index (κ3) is 3.35. The summed E-state index contributed by atoms with van der Waals surface area (Å²) in [7, 11) is 0. The smallest absolute Gasteiger partial charge is 0.309 e. The average Bonchev–Trinajstić information content (AvgIpc) is 2.52. The number of nitrogens with zero attached hydrogens (tertiary/aromatic N) is 2. The fourth-order valence-electron chi connectivity index (χ4n) is 2.01. The quantitative estimate of drug-likeness (QED) is 0.649. The van der Waals surface area contributed by atoms with Crippen LogP contribution in [-0.4, -0.2) is 10.0 Å². The van der Waals surface area contributed by atoms with Crippen molar-refractivity contribution in [3.8, 4) is 6.07 Å². The predicted molar refractivity (Wildman–Crippen MR) is 77.5 cm³/mol. The molecule has 0 aromatic heterocycles. The van der Waals surface area contributed by atoms with Gasteiger partial charge in [-0.25, -0.2) is 0 Å². The van der Waals surface area contributed by atoms with E-state index in [4.69, 9.17) is 10.4 Å². The minimum atomic E-state index is -0.564. The van der Waals surface area contributed by atoms with Crippen molar-refractivity contribution in [1.29, 1.82) is 5.26 Å². The minimum absolute atomic E-state index is 0.0223. The van der Waals surface area contributed by atoms with Crippen molar-refractivity contribution in [1.82, 2.24) is 0 Å². The van der Waals surface area contributed by atoms with Crippen LogP contribution in [0.5, 0.6) is 0 Å². The first kappa shape index (κ1) is 14.5. The molecule has 2 aromatic carbocycles. The minimum Gasteiger partial charge on any atom is -0.392 e. The summed E-state index contributed by atoms with van der Waals surface area (Å²) >= 11 is 0. The van der Waals surface area contributed by atoms with Gasteiger partial charge in [-0.2, -0.15) is 5.26 Å². The van der Waals surface area contributed by atoms with Crippen molar-refractivity contribution in [2.75, 3.05) is 5.32 Å². The molecule has 6 heteroatoms. The number of para-hydroxylation sites is 1. The summed E-state index contributed by atoms with van der Waals surface area (Å²) in [5, 5.41) is 32.1. The number of rotatable bonds is 5. The SMILES string of the molecule is N#Cc1cccc(NCc2cccc(CO)c2)c1[N+](=O)[O-]. The molecule has 0 radical (unpaired) electrons. The van der Waals surface area contributed by atoms with E-state index in [1.54, 1.807) is 18.2 Å². The van der Waals surface area contributed by atoms with Gasteiger partial charge in [0.15, 0.2) is 0 Å². The molecule has 0 aliphatic rings. The molecule has 0 spiro atoms. The topological polar surface area (TPSA) is 99.2 Å². The number of hydrogen-bond acceptors (Lipinski definition) is 5. The van der Waals surface area contributed by atoms with Gasteiger partial charge >= 0.3 is 5.69 Å². The van der Waals surface area contributed by atoms with Crippen LogP contribution in [0.3, 0.4) is 0 Å². The van der Waals surface area contributed by atoms with E-state index in [0.717, 1.165) is 11.1 Å². The Morgan fingerprint density at radius 3 is 2.62 bits per heavy atom. The normalized spacial score (nSPS) is 9.90. The van der Waals surface area contributed by atoms with E-state index < -0.39 is 4.92 Å². The van der Waals surface area contributed by atoms with Gasteiger partial charge in [-0.15, -0.1) is 0 Å². The maximum atomic E-state index is 11.1. The summed E-state index contributed by atoms with van der Waals surface area (Å²) in [5.41, 5.74) is 1.76. The number of aliphatic hydroxyl groups is 1. The molecule has 0 amide bonds. The van der Waals surface area contributed by atoms with Crippen molar-refractivity contribution in [2.45, 2.75) is 13.2 Å². The summed E-state index contributed by atoms with van der Waals surface area (Å²) < 4.78 is 0. The Morgan fingerprint density at radius 2 is 1.95 bits per heavy atom. The molecule has 0 aliphatic carbocycles. The molecule has 2 N–H and O–H groups in total. The monoisotopic (exact) mass is 283 g/mol. The highest BCUT2D eigenvalue weighted by atomic mass is 16.6.